The average molecular weight is 242 g/mol. The number of aromatic nitrogens is 1. The smallest absolute Gasteiger partial charge is 0.356 e. The first-order chi connectivity index (χ1) is 7.66. The van der Waals surface area contributed by atoms with Crippen LogP contribution in [0, 0.1) is 5.92 Å². The Hall–Kier alpha value is -1.29. The Bertz CT molecular complexity index is 404. The highest BCUT2D eigenvalue weighted by atomic mass is 35.5. The van der Waals surface area contributed by atoms with E-state index in [0.717, 1.165) is 12.3 Å². The Labute approximate surface area is 98.2 Å². The molecule has 16 heavy (non-hydrogen) atoms. The Kier molecular flexibility index (Phi) is 3.29. The van der Waals surface area contributed by atoms with Crippen LogP contribution < -0.4 is 4.74 Å². The normalized spacial score (nSPS) is 14.8. The molecule has 0 atom stereocenters. The van der Waals surface area contributed by atoms with Crippen LogP contribution in [-0.4, -0.2) is 22.7 Å². The number of hydrogen-bond donors (Lipinski definition) is 1. The van der Waals surface area contributed by atoms with Gasteiger partial charge >= 0.3 is 5.97 Å². The zero-order chi connectivity index (χ0) is 11.5. The Morgan fingerprint density at radius 3 is 2.94 bits per heavy atom. The van der Waals surface area contributed by atoms with Crippen molar-refractivity contribution in [2.45, 2.75) is 19.3 Å². The van der Waals surface area contributed by atoms with Crippen LogP contribution >= 0.6 is 11.6 Å². The molecule has 1 aromatic rings. The summed E-state index contributed by atoms with van der Waals surface area (Å²) in [5.41, 5.74) is -0.161. The highest BCUT2D eigenvalue weighted by Gasteiger charge is 2.21. The van der Waals surface area contributed by atoms with Gasteiger partial charge in [-0.15, -0.1) is 0 Å². The van der Waals surface area contributed by atoms with Crippen LogP contribution in [0.15, 0.2) is 12.1 Å². The largest absolute Gasteiger partial charge is 0.478 e. The number of rotatable bonds is 5. The number of ether oxygens (including phenoxy) is 1. The minimum absolute atomic E-state index is 0.127. The van der Waals surface area contributed by atoms with Gasteiger partial charge in [-0.25, -0.2) is 9.78 Å². The van der Waals surface area contributed by atoms with Crippen molar-refractivity contribution in [2.75, 3.05) is 6.61 Å². The predicted molar refractivity (Wildman–Crippen MR) is 59.0 cm³/mol. The SMILES string of the molecule is O=C(O)c1nc(OCCC2CC2)ccc1Cl. The van der Waals surface area contributed by atoms with Gasteiger partial charge in [-0.05, 0) is 18.4 Å². The molecule has 1 aromatic heterocycles. The van der Waals surface area contributed by atoms with Crippen molar-refractivity contribution in [3.8, 4) is 5.88 Å². The lowest BCUT2D eigenvalue weighted by Gasteiger charge is -2.05. The molecule has 1 N–H and O–H groups in total. The fourth-order valence-corrected chi connectivity index (χ4v) is 1.58. The zero-order valence-corrected chi connectivity index (χ0v) is 9.41. The Morgan fingerprint density at radius 2 is 2.31 bits per heavy atom. The van der Waals surface area contributed by atoms with Gasteiger partial charge in [0.05, 0.1) is 11.6 Å². The van der Waals surface area contributed by atoms with Gasteiger partial charge in [0.1, 0.15) is 0 Å². The molecule has 0 aromatic carbocycles. The second-order valence-electron chi connectivity index (χ2n) is 3.87. The van der Waals surface area contributed by atoms with E-state index < -0.39 is 5.97 Å². The lowest BCUT2D eigenvalue weighted by atomic mass is 10.3. The molecule has 86 valence electrons. The molecule has 1 aliphatic carbocycles. The van der Waals surface area contributed by atoms with Gasteiger partial charge in [0.15, 0.2) is 5.69 Å². The summed E-state index contributed by atoms with van der Waals surface area (Å²) < 4.78 is 5.37. The van der Waals surface area contributed by atoms with Crippen molar-refractivity contribution < 1.29 is 14.6 Å². The number of halogens is 1. The van der Waals surface area contributed by atoms with E-state index in [9.17, 15) is 4.79 Å². The first-order valence-electron chi connectivity index (χ1n) is 5.19. The highest BCUT2D eigenvalue weighted by Crippen LogP contribution is 2.32. The van der Waals surface area contributed by atoms with E-state index >= 15 is 0 Å². The molecular formula is C11H12ClNO3. The van der Waals surface area contributed by atoms with Gasteiger partial charge in [0.2, 0.25) is 5.88 Å². The van der Waals surface area contributed by atoms with Crippen LogP contribution in [0.5, 0.6) is 5.88 Å². The van der Waals surface area contributed by atoms with Crippen LogP contribution in [0.1, 0.15) is 29.8 Å². The molecule has 0 radical (unpaired) electrons. The summed E-state index contributed by atoms with van der Waals surface area (Å²) in [5.74, 6) is -0.0358. The van der Waals surface area contributed by atoms with E-state index in [2.05, 4.69) is 4.98 Å². The summed E-state index contributed by atoms with van der Waals surface area (Å²) in [4.78, 5) is 14.6. The fourth-order valence-electron chi connectivity index (χ4n) is 1.39. The lowest BCUT2D eigenvalue weighted by molar-refractivity contribution is 0.0689. The maximum absolute atomic E-state index is 10.8. The maximum Gasteiger partial charge on any atom is 0.356 e. The maximum atomic E-state index is 10.8. The second kappa shape index (κ2) is 4.70. The molecule has 0 saturated heterocycles. The van der Waals surface area contributed by atoms with Crippen LogP contribution in [-0.2, 0) is 0 Å². The molecule has 0 spiro atoms. The number of nitrogens with zero attached hydrogens (tertiary/aromatic N) is 1. The summed E-state index contributed by atoms with van der Waals surface area (Å²) in [7, 11) is 0. The molecule has 4 nitrogen and oxygen atoms in total. The van der Waals surface area contributed by atoms with Gasteiger partial charge in [0, 0.05) is 6.07 Å². The van der Waals surface area contributed by atoms with E-state index in [1.54, 1.807) is 6.07 Å². The van der Waals surface area contributed by atoms with E-state index in [1.807, 2.05) is 0 Å². The van der Waals surface area contributed by atoms with Crippen LogP contribution in [0.3, 0.4) is 0 Å². The predicted octanol–water partition coefficient (Wildman–Crippen LogP) is 2.61. The number of hydrogen-bond acceptors (Lipinski definition) is 3. The van der Waals surface area contributed by atoms with E-state index in [4.69, 9.17) is 21.4 Å². The Balaban J connectivity index is 1.97. The molecule has 1 heterocycles. The first-order valence-corrected chi connectivity index (χ1v) is 5.57. The standard InChI is InChI=1S/C11H12ClNO3/c12-8-3-4-9(13-10(8)11(14)15)16-6-5-7-1-2-7/h3-4,7H,1-2,5-6H2,(H,14,15). The third-order valence-corrected chi connectivity index (χ3v) is 2.80. The van der Waals surface area contributed by atoms with E-state index in [-0.39, 0.29) is 10.7 Å². The van der Waals surface area contributed by atoms with Crippen LogP contribution in [0.2, 0.25) is 5.02 Å². The summed E-state index contributed by atoms with van der Waals surface area (Å²) >= 11 is 5.69. The van der Waals surface area contributed by atoms with Crippen molar-refractivity contribution in [1.82, 2.24) is 4.98 Å². The van der Waals surface area contributed by atoms with Gasteiger partial charge in [0.25, 0.3) is 0 Å². The Morgan fingerprint density at radius 1 is 1.56 bits per heavy atom. The first kappa shape index (κ1) is 11.2. The van der Waals surface area contributed by atoms with Crippen LogP contribution in [0.4, 0.5) is 0 Å². The number of carboxylic acid groups (broad SMARTS) is 1. The highest BCUT2D eigenvalue weighted by molar-refractivity contribution is 6.33. The number of carbonyl (C=O) groups is 1. The number of aromatic carboxylic acids is 1. The third kappa shape index (κ3) is 2.85. The second-order valence-corrected chi connectivity index (χ2v) is 4.27. The summed E-state index contributed by atoms with van der Waals surface area (Å²) in [6.45, 7) is 0.582. The molecule has 0 aliphatic heterocycles. The minimum Gasteiger partial charge on any atom is -0.478 e. The molecule has 0 unspecified atom stereocenters. The molecule has 0 amide bonds. The van der Waals surface area contributed by atoms with Gasteiger partial charge in [-0.1, -0.05) is 24.4 Å². The molecule has 5 heteroatoms. The molecule has 0 bridgehead atoms. The third-order valence-electron chi connectivity index (χ3n) is 2.50. The summed E-state index contributed by atoms with van der Waals surface area (Å²) in [6.07, 6.45) is 3.56. The molecule has 1 saturated carbocycles. The fraction of sp³-hybridized carbons (Fsp3) is 0.455. The topological polar surface area (TPSA) is 59.4 Å². The van der Waals surface area contributed by atoms with E-state index in [1.165, 1.54) is 18.9 Å². The number of carboxylic acids is 1. The number of pyridine rings is 1. The summed E-state index contributed by atoms with van der Waals surface area (Å²) in [5, 5.41) is 8.94. The molecule has 1 fully saturated rings. The van der Waals surface area contributed by atoms with Crippen molar-refractivity contribution in [2.24, 2.45) is 5.92 Å². The monoisotopic (exact) mass is 241 g/mol. The van der Waals surface area contributed by atoms with Gasteiger partial charge < -0.3 is 9.84 Å². The van der Waals surface area contributed by atoms with Crippen molar-refractivity contribution in [3.63, 3.8) is 0 Å². The van der Waals surface area contributed by atoms with Gasteiger partial charge in [-0.3, -0.25) is 0 Å². The van der Waals surface area contributed by atoms with Crippen molar-refractivity contribution in [1.29, 1.82) is 0 Å². The lowest BCUT2D eigenvalue weighted by Crippen LogP contribution is -2.05. The zero-order valence-electron chi connectivity index (χ0n) is 8.65. The summed E-state index contributed by atoms with van der Waals surface area (Å²) in [6, 6.07) is 3.08. The minimum atomic E-state index is -1.14. The quantitative estimate of drug-likeness (QED) is 0.861. The molecule has 1 aliphatic rings. The van der Waals surface area contributed by atoms with Crippen molar-refractivity contribution in [3.05, 3.63) is 22.8 Å². The van der Waals surface area contributed by atoms with E-state index in [0.29, 0.717) is 12.5 Å². The van der Waals surface area contributed by atoms with Gasteiger partial charge in [-0.2, -0.15) is 0 Å². The average Bonchev–Trinajstić information content (AvgIpc) is 3.04. The molecular weight excluding hydrogens is 230 g/mol. The van der Waals surface area contributed by atoms with Crippen molar-refractivity contribution >= 4 is 17.6 Å². The molecule has 2 rings (SSSR count). The van der Waals surface area contributed by atoms with Crippen LogP contribution in [0.25, 0.3) is 0 Å².